The number of fused-ring (bicyclic) bond motifs is 1. The summed E-state index contributed by atoms with van der Waals surface area (Å²) in [6, 6.07) is 0. The Balaban J connectivity index is 2.48. The number of allylic oxidation sites excluding steroid dienone is 2. The minimum Gasteiger partial charge on any atom is -0.145 e. The van der Waals surface area contributed by atoms with E-state index in [9.17, 15) is 0 Å². The topological polar surface area (TPSA) is 0 Å². The summed E-state index contributed by atoms with van der Waals surface area (Å²) in [6.45, 7) is 6.85. The van der Waals surface area contributed by atoms with Gasteiger partial charge in [-0.15, -0.1) is 11.3 Å². The van der Waals surface area contributed by atoms with Crippen LogP contribution in [0.2, 0.25) is 0 Å². The van der Waals surface area contributed by atoms with Crippen molar-refractivity contribution < 1.29 is 0 Å². The van der Waals surface area contributed by atoms with Gasteiger partial charge >= 0.3 is 0 Å². The zero-order valence-corrected chi connectivity index (χ0v) is 10.1. The van der Waals surface area contributed by atoms with Crippen LogP contribution in [0.3, 0.4) is 0 Å². The molecule has 0 aromatic carbocycles. The summed E-state index contributed by atoms with van der Waals surface area (Å²) in [6.07, 6.45) is 8.55. The van der Waals surface area contributed by atoms with Crippen LogP contribution in [0.1, 0.15) is 46.6 Å². The Labute approximate surface area is 90.7 Å². The molecule has 1 aliphatic carbocycles. The third kappa shape index (κ3) is 1.66. The Morgan fingerprint density at radius 2 is 2.14 bits per heavy atom. The predicted molar refractivity (Wildman–Crippen MR) is 64.3 cm³/mol. The summed E-state index contributed by atoms with van der Waals surface area (Å²) < 4.78 is 0. The van der Waals surface area contributed by atoms with Crippen LogP contribution in [0.4, 0.5) is 0 Å². The summed E-state index contributed by atoms with van der Waals surface area (Å²) >= 11 is 2.00. The van der Waals surface area contributed by atoms with Gasteiger partial charge < -0.3 is 0 Å². The summed E-state index contributed by atoms with van der Waals surface area (Å²) in [4.78, 5) is 3.12. The molecule has 0 radical (unpaired) electrons. The van der Waals surface area contributed by atoms with Crippen molar-refractivity contribution in [2.75, 3.05) is 0 Å². The van der Waals surface area contributed by atoms with Gasteiger partial charge in [0.2, 0.25) is 0 Å². The molecule has 1 aromatic rings. The molecular weight excluding hydrogens is 188 g/mol. The van der Waals surface area contributed by atoms with E-state index in [-0.39, 0.29) is 0 Å². The molecule has 0 amide bonds. The van der Waals surface area contributed by atoms with Crippen molar-refractivity contribution in [3.63, 3.8) is 0 Å². The molecule has 0 saturated carbocycles. The molecule has 14 heavy (non-hydrogen) atoms. The molecule has 1 atom stereocenters. The normalized spacial score (nSPS) is 21.5. The molecule has 0 N–H and O–H groups in total. The van der Waals surface area contributed by atoms with Crippen LogP contribution in [0.25, 0.3) is 0 Å². The largest absolute Gasteiger partial charge is 0.145 e. The molecule has 0 bridgehead atoms. The minimum atomic E-state index is 0.627. The van der Waals surface area contributed by atoms with Crippen molar-refractivity contribution >= 4 is 11.3 Å². The highest BCUT2D eigenvalue weighted by molar-refractivity contribution is 7.12. The van der Waals surface area contributed by atoms with Gasteiger partial charge in [0.05, 0.1) is 0 Å². The fraction of sp³-hybridized carbons (Fsp3) is 0.538. The van der Waals surface area contributed by atoms with Crippen molar-refractivity contribution in [3.05, 3.63) is 33.0 Å². The average Bonchev–Trinajstić information content (AvgIpc) is 2.41. The minimum absolute atomic E-state index is 0.627. The van der Waals surface area contributed by atoms with Gasteiger partial charge in [0.1, 0.15) is 0 Å². The first kappa shape index (κ1) is 9.97. The van der Waals surface area contributed by atoms with Gasteiger partial charge in [0.25, 0.3) is 0 Å². The van der Waals surface area contributed by atoms with E-state index in [0.29, 0.717) is 5.92 Å². The van der Waals surface area contributed by atoms with E-state index in [1.807, 2.05) is 11.3 Å². The van der Waals surface area contributed by atoms with E-state index in [0.717, 1.165) is 0 Å². The molecule has 1 unspecified atom stereocenters. The Hall–Kier alpha value is -0.560. The molecule has 1 aromatic heterocycles. The second-order valence-corrected chi connectivity index (χ2v) is 5.49. The van der Waals surface area contributed by atoms with E-state index >= 15 is 0 Å². The fourth-order valence-electron chi connectivity index (χ4n) is 2.16. The zero-order valence-electron chi connectivity index (χ0n) is 9.26. The maximum Gasteiger partial charge on any atom is 0.0149 e. The highest BCUT2D eigenvalue weighted by Crippen LogP contribution is 2.35. The lowest BCUT2D eigenvalue weighted by Crippen LogP contribution is -1.97. The van der Waals surface area contributed by atoms with Crippen LogP contribution in [-0.2, 0) is 6.42 Å². The van der Waals surface area contributed by atoms with Crippen molar-refractivity contribution in [3.8, 4) is 0 Å². The molecule has 0 saturated heterocycles. The summed E-state index contributed by atoms with van der Waals surface area (Å²) in [5.74, 6) is 0.627. The maximum absolute atomic E-state index is 2.37. The third-order valence-corrected chi connectivity index (χ3v) is 4.63. The van der Waals surface area contributed by atoms with Gasteiger partial charge in [-0.3, -0.25) is 0 Å². The molecule has 1 aliphatic rings. The first-order valence-corrected chi connectivity index (χ1v) is 6.27. The molecule has 76 valence electrons. The van der Waals surface area contributed by atoms with Crippen LogP contribution in [0.5, 0.6) is 0 Å². The van der Waals surface area contributed by atoms with Gasteiger partial charge in [0.15, 0.2) is 0 Å². The van der Waals surface area contributed by atoms with Crippen LogP contribution in [0.15, 0.2) is 12.2 Å². The summed E-state index contributed by atoms with van der Waals surface area (Å²) in [5.41, 5.74) is 3.19. The van der Waals surface area contributed by atoms with Crippen LogP contribution in [0, 0.1) is 13.8 Å². The number of hydrogen-bond donors (Lipinski definition) is 0. The van der Waals surface area contributed by atoms with Crippen molar-refractivity contribution in [2.45, 2.75) is 46.0 Å². The van der Waals surface area contributed by atoms with Crippen LogP contribution < -0.4 is 0 Å². The molecule has 0 spiro atoms. The highest BCUT2D eigenvalue weighted by atomic mass is 32.1. The Kier molecular flexibility index (Phi) is 2.78. The van der Waals surface area contributed by atoms with E-state index in [1.54, 1.807) is 16.0 Å². The quantitative estimate of drug-likeness (QED) is 0.553. The summed E-state index contributed by atoms with van der Waals surface area (Å²) in [5, 5.41) is 0. The van der Waals surface area contributed by atoms with Crippen molar-refractivity contribution in [1.29, 1.82) is 0 Å². The number of rotatable bonds is 0. The second-order valence-electron chi connectivity index (χ2n) is 4.24. The molecule has 0 aliphatic heterocycles. The second kappa shape index (κ2) is 3.90. The molecule has 0 fully saturated rings. The number of thiophene rings is 1. The van der Waals surface area contributed by atoms with Gasteiger partial charge in [-0.2, -0.15) is 0 Å². The van der Waals surface area contributed by atoms with Crippen molar-refractivity contribution in [1.82, 2.24) is 0 Å². The van der Waals surface area contributed by atoms with Gasteiger partial charge in [-0.25, -0.2) is 0 Å². The number of hydrogen-bond acceptors (Lipinski definition) is 1. The predicted octanol–water partition coefficient (Wildman–Crippen LogP) is 4.36. The first-order valence-electron chi connectivity index (χ1n) is 5.45. The summed E-state index contributed by atoms with van der Waals surface area (Å²) in [7, 11) is 0. The molecular formula is C13H18S. The van der Waals surface area contributed by atoms with Gasteiger partial charge in [-0.05, 0) is 44.2 Å². The lowest BCUT2D eigenvalue weighted by atomic mass is 9.95. The SMILES string of the molecule is Cc1sc2c(c1C)CCCC=CC2C. The van der Waals surface area contributed by atoms with E-state index < -0.39 is 0 Å². The fourth-order valence-corrected chi connectivity index (χ4v) is 3.41. The molecule has 0 nitrogen and oxygen atoms in total. The Bertz CT molecular complexity index is 358. The molecule has 1 heterocycles. The lowest BCUT2D eigenvalue weighted by Gasteiger charge is -2.11. The Morgan fingerprint density at radius 1 is 1.36 bits per heavy atom. The molecule has 1 heteroatoms. The zero-order chi connectivity index (χ0) is 10.1. The standard InChI is InChI=1S/C13H18S/c1-9-7-5-4-6-8-12-10(2)11(3)14-13(9)12/h5,7,9H,4,6,8H2,1-3H3. The van der Waals surface area contributed by atoms with Crippen molar-refractivity contribution in [2.24, 2.45) is 0 Å². The van der Waals surface area contributed by atoms with E-state index in [4.69, 9.17) is 0 Å². The van der Waals surface area contributed by atoms with Crippen LogP contribution >= 0.6 is 11.3 Å². The smallest absolute Gasteiger partial charge is 0.0149 e. The molecule has 2 rings (SSSR count). The first-order chi connectivity index (χ1) is 6.70. The van der Waals surface area contributed by atoms with Gasteiger partial charge in [-0.1, -0.05) is 19.1 Å². The monoisotopic (exact) mass is 206 g/mol. The van der Waals surface area contributed by atoms with Crippen LogP contribution in [-0.4, -0.2) is 0 Å². The van der Waals surface area contributed by atoms with E-state index in [2.05, 4.69) is 32.9 Å². The highest BCUT2D eigenvalue weighted by Gasteiger charge is 2.16. The Morgan fingerprint density at radius 3 is 2.93 bits per heavy atom. The van der Waals surface area contributed by atoms with E-state index in [1.165, 1.54) is 24.1 Å². The van der Waals surface area contributed by atoms with Gasteiger partial charge in [0, 0.05) is 15.7 Å². The number of aryl methyl sites for hydroxylation is 1. The maximum atomic E-state index is 2.37. The average molecular weight is 206 g/mol. The lowest BCUT2D eigenvalue weighted by molar-refractivity contribution is 0.799. The third-order valence-electron chi connectivity index (χ3n) is 3.18.